The predicted octanol–water partition coefficient (Wildman–Crippen LogP) is 4.16. The lowest BCUT2D eigenvalue weighted by Gasteiger charge is -2.23. The molecule has 6 nitrogen and oxygen atoms in total. The third-order valence-electron chi connectivity index (χ3n) is 4.33. The molecule has 0 N–H and O–H groups in total. The lowest BCUT2D eigenvalue weighted by atomic mass is 10.1. The van der Waals surface area contributed by atoms with Crippen molar-refractivity contribution in [2.45, 2.75) is 44.8 Å². The Labute approximate surface area is 159 Å². The summed E-state index contributed by atoms with van der Waals surface area (Å²) in [6.45, 7) is 1.76. The summed E-state index contributed by atoms with van der Waals surface area (Å²) in [6, 6.07) is 4.94. The van der Waals surface area contributed by atoms with Gasteiger partial charge in [0.2, 0.25) is 0 Å². The molecule has 1 fully saturated rings. The van der Waals surface area contributed by atoms with Crippen LogP contribution >= 0.6 is 11.6 Å². The average molecular weight is 401 g/mol. The Bertz CT molecular complexity index is 862. The normalized spacial score (nSPS) is 17.9. The van der Waals surface area contributed by atoms with E-state index in [4.69, 9.17) is 16.3 Å². The van der Waals surface area contributed by atoms with Crippen LogP contribution in [0.3, 0.4) is 0 Å². The van der Waals surface area contributed by atoms with Gasteiger partial charge in [-0.2, -0.15) is 13.9 Å². The molecule has 0 saturated carbocycles. The Morgan fingerprint density at radius 1 is 1.41 bits per heavy atom. The summed E-state index contributed by atoms with van der Waals surface area (Å²) < 4.78 is 39.6. The van der Waals surface area contributed by atoms with Crippen molar-refractivity contribution in [1.82, 2.24) is 9.78 Å². The molecule has 1 saturated heterocycles. The highest BCUT2D eigenvalue weighted by Gasteiger charge is 2.44. The van der Waals surface area contributed by atoms with Gasteiger partial charge in [0.15, 0.2) is 12.0 Å². The van der Waals surface area contributed by atoms with E-state index in [1.165, 1.54) is 11.6 Å². The van der Waals surface area contributed by atoms with Gasteiger partial charge in [-0.1, -0.05) is 17.7 Å². The minimum atomic E-state index is -3.94. The first-order valence-corrected chi connectivity index (χ1v) is 9.09. The van der Waals surface area contributed by atoms with Crippen LogP contribution in [0.2, 0.25) is 5.02 Å². The van der Waals surface area contributed by atoms with E-state index in [2.05, 4.69) is 9.84 Å². The molecule has 3 rings (SSSR count). The molecular weight excluding hydrogens is 382 g/mol. The van der Waals surface area contributed by atoms with Gasteiger partial charge in [0.1, 0.15) is 5.69 Å². The molecule has 0 bridgehead atoms. The largest absolute Gasteiger partial charge is 0.462 e. The van der Waals surface area contributed by atoms with E-state index in [9.17, 15) is 18.4 Å². The topological polar surface area (TPSA) is 70.4 Å². The van der Waals surface area contributed by atoms with Crippen LogP contribution in [0.4, 0.5) is 8.78 Å². The molecule has 0 spiro atoms. The number of fused-ring (bicyclic) bond motifs is 1. The number of Topliss-reactive ketones (excluding diaryl/α,β-unsaturated/α-hetero) is 1. The van der Waals surface area contributed by atoms with Crippen molar-refractivity contribution in [3.05, 3.63) is 28.9 Å². The number of benzene rings is 1. The minimum absolute atomic E-state index is 0.200. The van der Waals surface area contributed by atoms with Gasteiger partial charge in [0.25, 0.3) is 0 Å². The molecule has 2 aromatic rings. The van der Waals surface area contributed by atoms with Crippen molar-refractivity contribution < 1.29 is 27.8 Å². The second-order valence-corrected chi connectivity index (χ2v) is 6.68. The Balaban J connectivity index is 1.98. The van der Waals surface area contributed by atoms with Crippen LogP contribution in [0.15, 0.2) is 18.2 Å². The third-order valence-corrected chi connectivity index (χ3v) is 4.65. The average Bonchev–Trinajstić information content (AvgIpc) is 3.03. The Morgan fingerprint density at radius 2 is 2.19 bits per heavy atom. The first-order valence-electron chi connectivity index (χ1n) is 8.71. The molecule has 2 heterocycles. The van der Waals surface area contributed by atoms with E-state index >= 15 is 0 Å². The molecule has 1 aliphatic rings. The maximum absolute atomic E-state index is 14.0. The number of carbonyl (C=O) groups excluding carboxylic acids is 2. The van der Waals surface area contributed by atoms with Gasteiger partial charge < -0.3 is 9.47 Å². The summed E-state index contributed by atoms with van der Waals surface area (Å²) in [5.74, 6) is -6.66. The fourth-order valence-corrected chi connectivity index (χ4v) is 3.33. The van der Waals surface area contributed by atoms with E-state index < -0.39 is 30.3 Å². The highest BCUT2D eigenvalue weighted by molar-refractivity contribution is 6.36. The van der Waals surface area contributed by atoms with Crippen LogP contribution < -0.4 is 0 Å². The standard InChI is InChI=1S/C18H19ClF2N2O4/c1-2-26-17(25)18(20,21)10-13(24)16-15-11(19)6-5-7-12(15)23(22-16)14-8-3-4-9-27-14/h5-7,14H,2-4,8-10H2,1H3. The predicted molar refractivity (Wildman–Crippen MR) is 94.1 cm³/mol. The van der Waals surface area contributed by atoms with Crippen LogP contribution in [-0.4, -0.2) is 40.7 Å². The van der Waals surface area contributed by atoms with Crippen LogP contribution in [0.5, 0.6) is 0 Å². The summed E-state index contributed by atoms with van der Waals surface area (Å²) in [4.78, 5) is 24.0. The number of carbonyl (C=O) groups is 2. The van der Waals surface area contributed by atoms with Gasteiger partial charge in [0.05, 0.1) is 23.6 Å². The van der Waals surface area contributed by atoms with Crippen molar-refractivity contribution in [1.29, 1.82) is 0 Å². The lowest BCUT2D eigenvalue weighted by Crippen LogP contribution is -2.33. The van der Waals surface area contributed by atoms with Gasteiger partial charge in [-0.3, -0.25) is 4.79 Å². The number of ether oxygens (including phenoxy) is 2. The van der Waals surface area contributed by atoms with E-state index in [-0.39, 0.29) is 22.7 Å². The van der Waals surface area contributed by atoms with Gasteiger partial charge in [-0.05, 0) is 38.3 Å². The van der Waals surface area contributed by atoms with E-state index in [1.807, 2.05) is 0 Å². The highest BCUT2D eigenvalue weighted by Crippen LogP contribution is 2.33. The number of esters is 1. The van der Waals surface area contributed by atoms with Gasteiger partial charge >= 0.3 is 11.9 Å². The van der Waals surface area contributed by atoms with Crippen molar-refractivity contribution in [2.24, 2.45) is 0 Å². The van der Waals surface area contributed by atoms with Crippen molar-refractivity contribution in [3.63, 3.8) is 0 Å². The van der Waals surface area contributed by atoms with Gasteiger partial charge in [-0.15, -0.1) is 0 Å². The van der Waals surface area contributed by atoms with Crippen LogP contribution in [-0.2, 0) is 14.3 Å². The Hall–Kier alpha value is -2.06. The molecule has 146 valence electrons. The van der Waals surface area contributed by atoms with Gasteiger partial charge in [-0.25, -0.2) is 9.48 Å². The molecule has 1 aromatic carbocycles. The number of hydrogen-bond acceptors (Lipinski definition) is 5. The number of aromatic nitrogens is 2. The molecule has 0 amide bonds. The van der Waals surface area contributed by atoms with E-state index in [0.717, 1.165) is 12.8 Å². The third kappa shape index (κ3) is 3.96. The lowest BCUT2D eigenvalue weighted by molar-refractivity contribution is -0.170. The zero-order chi connectivity index (χ0) is 19.6. The second-order valence-electron chi connectivity index (χ2n) is 6.27. The first kappa shape index (κ1) is 19.7. The van der Waals surface area contributed by atoms with Crippen LogP contribution in [0.1, 0.15) is 49.3 Å². The zero-order valence-corrected chi connectivity index (χ0v) is 15.5. The Kier molecular flexibility index (Phi) is 5.76. The summed E-state index contributed by atoms with van der Waals surface area (Å²) >= 11 is 6.22. The number of nitrogens with zero attached hydrogens (tertiary/aromatic N) is 2. The maximum atomic E-state index is 14.0. The summed E-state index contributed by atoms with van der Waals surface area (Å²) in [5, 5.41) is 4.73. The van der Waals surface area contributed by atoms with Crippen molar-refractivity contribution in [3.8, 4) is 0 Å². The summed E-state index contributed by atoms with van der Waals surface area (Å²) in [5.41, 5.74) is 0.325. The number of rotatable bonds is 6. The fraction of sp³-hybridized carbons (Fsp3) is 0.500. The van der Waals surface area contributed by atoms with E-state index in [1.54, 1.807) is 18.2 Å². The number of halogens is 3. The number of hydrogen-bond donors (Lipinski definition) is 0. The smallest absolute Gasteiger partial charge is 0.377 e. The molecule has 1 aromatic heterocycles. The van der Waals surface area contributed by atoms with Gasteiger partial charge in [0, 0.05) is 12.0 Å². The van der Waals surface area contributed by atoms with Crippen LogP contribution in [0.25, 0.3) is 10.9 Å². The van der Waals surface area contributed by atoms with Crippen molar-refractivity contribution >= 4 is 34.3 Å². The van der Waals surface area contributed by atoms with Crippen LogP contribution in [0, 0.1) is 0 Å². The number of alkyl halides is 2. The molecular formula is C18H19ClF2N2O4. The molecule has 0 radical (unpaired) electrons. The second kappa shape index (κ2) is 7.90. The van der Waals surface area contributed by atoms with Crippen molar-refractivity contribution in [2.75, 3.05) is 13.2 Å². The minimum Gasteiger partial charge on any atom is -0.462 e. The molecule has 0 aliphatic carbocycles. The summed E-state index contributed by atoms with van der Waals surface area (Å²) in [7, 11) is 0. The fourth-order valence-electron chi connectivity index (χ4n) is 3.08. The highest BCUT2D eigenvalue weighted by atomic mass is 35.5. The zero-order valence-electron chi connectivity index (χ0n) is 14.7. The quantitative estimate of drug-likeness (QED) is 0.538. The molecule has 1 aliphatic heterocycles. The molecule has 1 unspecified atom stereocenters. The number of ketones is 1. The summed E-state index contributed by atoms with van der Waals surface area (Å²) in [6.07, 6.45) is 0.807. The Morgan fingerprint density at radius 3 is 2.85 bits per heavy atom. The molecule has 9 heteroatoms. The maximum Gasteiger partial charge on any atom is 0.377 e. The van der Waals surface area contributed by atoms with E-state index in [0.29, 0.717) is 18.5 Å². The first-order chi connectivity index (χ1) is 12.8. The molecule has 1 atom stereocenters. The SMILES string of the molecule is CCOC(=O)C(F)(F)CC(=O)c1nn(C2CCCCO2)c2cccc(Cl)c12. The molecule has 27 heavy (non-hydrogen) atoms. The monoisotopic (exact) mass is 400 g/mol.